The van der Waals surface area contributed by atoms with E-state index in [2.05, 4.69) is 22.1 Å². The Kier molecular flexibility index (Phi) is 8.04. The first-order valence-electron chi connectivity index (χ1n) is 13.1. The maximum Gasteiger partial charge on any atom is 0.407 e. The molecule has 1 aliphatic heterocycles. The first-order chi connectivity index (χ1) is 18.9. The van der Waals surface area contributed by atoms with Crippen molar-refractivity contribution in [1.82, 2.24) is 24.0 Å². The lowest BCUT2D eigenvalue weighted by Crippen LogP contribution is -2.49. The number of aromatic nitrogens is 4. The van der Waals surface area contributed by atoms with Crippen molar-refractivity contribution >= 4 is 29.0 Å². The molecule has 0 unspecified atom stereocenters. The summed E-state index contributed by atoms with van der Waals surface area (Å²) < 4.78 is 9.12. The zero-order chi connectivity index (χ0) is 29.2. The van der Waals surface area contributed by atoms with Gasteiger partial charge in [0.1, 0.15) is 11.4 Å². The minimum Gasteiger partial charge on any atom is -0.507 e. The van der Waals surface area contributed by atoms with E-state index in [4.69, 9.17) is 4.74 Å². The Morgan fingerprint density at radius 1 is 1.20 bits per heavy atom. The highest BCUT2D eigenvalue weighted by molar-refractivity contribution is 5.98. The molecule has 2 aromatic heterocycles. The van der Waals surface area contributed by atoms with E-state index in [1.807, 2.05) is 4.90 Å². The lowest BCUT2D eigenvalue weighted by Gasteiger charge is -2.34. The number of fused-ring (bicyclic) bond motifs is 1. The number of carbonyl (C=O) groups is 2. The third-order valence-corrected chi connectivity index (χ3v) is 6.56. The zero-order valence-corrected chi connectivity index (χ0v) is 23.4. The number of nitrogens with one attached hydrogen (secondary N) is 1. The lowest BCUT2D eigenvalue weighted by molar-refractivity contribution is 0.0499. The van der Waals surface area contributed by atoms with Crippen LogP contribution in [-0.4, -0.2) is 60.4 Å². The van der Waals surface area contributed by atoms with E-state index in [1.165, 1.54) is 23.7 Å². The summed E-state index contributed by atoms with van der Waals surface area (Å²) in [5.41, 5.74) is -1.71. The molecule has 2 N–H and O–H groups in total. The SMILES string of the molecule is CC#CCn1c(N2CCC[C@@H](NC(=O)OC(C)(C)C)C2)nc2c1c(=O)n(CC(=O)c1ccccc1O)c(=O)n2C. The predicted octanol–water partition coefficient (Wildman–Crippen LogP) is 2.00. The van der Waals surface area contributed by atoms with Gasteiger partial charge in [-0.2, -0.15) is 4.98 Å². The maximum atomic E-state index is 13.7. The minimum absolute atomic E-state index is 0.0134. The highest BCUT2D eigenvalue weighted by Crippen LogP contribution is 2.24. The van der Waals surface area contributed by atoms with Crippen molar-refractivity contribution in [2.24, 2.45) is 7.05 Å². The molecule has 0 bridgehead atoms. The van der Waals surface area contributed by atoms with Crippen molar-refractivity contribution in [3.63, 3.8) is 0 Å². The van der Waals surface area contributed by atoms with E-state index in [0.717, 1.165) is 17.4 Å². The van der Waals surface area contributed by atoms with Crippen molar-refractivity contribution in [2.75, 3.05) is 18.0 Å². The fraction of sp³-hybridized carbons (Fsp3) is 0.464. The largest absolute Gasteiger partial charge is 0.507 e. The quantitative estimate of drug-likeness (QED) is 0.351. The monoisotopic (exact) mass is 550 g/mol. The molecule has 40 heavy (non-hydrogen) atoms. The average molecular weight is 551 g/mol. The molecule has 1 aliphatic rings. The number of anilines is 1. The summed E-state index contributed by atoms with van der Waals surface area (Å²) in [4.78, 5) is 58.9. The molecule has 0 saturated carbocycles. The summed E-state index contributed by atoms with van der Waals surface area (Å²) in [6, 6.07) is 5.75. The van der Waals surface area contributed by atoms with Gasteiger partial charge in [-0.05, 0) is 52.7 Å². The van der Waals surface area contributed by atoms with Gasteiger partial charge in [0, 0.05) is 26.2 Å². The number of benzene rings is 1. The van der Waals surface area contributed by atoms with Crippen LogP contribution in [0.25, 0.3) is 11.2 Å². The number of amides is 1. The Bertz CT molecular complexity index is 1630. The molecule has 1 saturated heterocycles. The first kappa shape index (κ1) is 28.5. The van der Waals surface area contributed by atoms with E-state index in [0.29, 0.717) is 19.0 Å². The smallest absolute Gasteiger partial charge is 0.407 e. The summed E-state index contributed by atoms with van der Waals surface area (Å²) in [5.74, 6) is 5.42. The molecule has 0 spiro atoms. The number of phenolic OH excluding ortho intramolecular Hbond substituents is 1. The number of phenols is 1. The van der Waals surface area contributed by atoms with Gasteiger partial charge in [0.25, 0.3) is 5.56 Å². The molecule has 212 valence electrons. The number of piperidine rings is 1. The topological polar surface area (TPSA) is 141 Å². The van der Waals surface area contributed by atoms with Crippen LogP contribution < -0.4 is 21.5 Å². The summed E-state index contributed by atoms with van der Waals surface area (Å²) in [6.45, 7) is 7.67. The van der Waals surface area contributed by atoms with Gasteiger partial charge >= 0.3 is 11.8 Å². The van der Waals surface area contributed by atoms with Crippen LogP contribution in [0.2, 0.25) is 0 Å². The highest BCUT2D eigenvalue weighted by atomic mass is 16.6. The molecular weight excluding hydrogens is 516 g/mol. The molecule has 0 radical (unpaired) electrons. The normalized spacial score (nSPS) is 15.4. The van der Waals surface area contributed by atoms with Gasteiger partial charge in [0.2, 0.25) is 5.95 Å². The fourth-order valence-corrected chi connectivity index (χ4v) is 4.74. The summed E-state index contributed by atoms with van der Waals surface area (Å²) in [7, 11) is 1.49. The lowest BCUT2D eigenvalue weighted by atomic mass is 10.1. The van der Waals surface area contributed by atoms with E-state index in [-0.39, 0.29) is 35.1 Å². The molecule has 3 aromatic rings. The third kappa shape index (κ3) is 5.88. The minimum atomic E-state index is -0.706. The van der Waals surface area contributed by atoms with Gasteiger partial charge < -0.3 is 20.1 Å². The Balaban J connectivity index is 1.75. The number of nitrogens with zero attached hydrogens (tertiary/aromatic N) is 5. The van der Waals surface area contributed by atoms with Gasteiger partial charge in [-0.15, -0.1) is 5.92 Å². The number of rotatable bonds is 6. The second-order valence-electron chi connectivity index (χ2n) is 10.7. The van der Waals surface area contributed by atoms with E-state index in [1.54, 1.807) is 44.4 Å². The van der Waals surface area contributed by atoms with Crippen molar-refractivity contribution in [1.29, 1.82) is 0 Å². The number of hydrogen-bond acceptors (Lipinski definition) is 8. The molecule has 1 amide bonds. The summed E-state index contributed by atoms with van der Waals surface area (Å²) in [6.07, 6.45) is 0.982. The Morgan fingerprint density at radius 2 is 1.93 bits per heavy atom. The fourth-order valence-electron chi connectivity index (χ4n) is 4.74. The second kappa shape index (κ2) is 11.3. The standard InChI is InChI=1S/C28H34N6O6/c1-6-7-15-33-22-23(30-25(33)32-14-10-11-18(16-32)29-26(38)40-28(2,3)4)31(5)27(39)34(24(22)37)17-21(36)19-12-8-9-13-20(19)35/h8-9,12-13,18,35H,10-11,14-17H2,1-5H3,(H,29,38)/t18-/m1/s1. The Hall–Kier alpha value is -4.53. The molecule has 1 atom stereocenters. The van der Waals surface area contributed by atoms with Crippen molar-refractivity contribution in [2.45, 2.75) is 65.3 Å². The second-order valence-corrected chi connectivity index (χ2v) is 10.7. The van der Waals surface area contributed by atoms with Crippen molar-refractivity contribution in [3.8, 4) is 17.6 Å². The van der Waals surface area contributed by atoms with Crippen LogP contribution in [0.3, 0.4) is 0 Å². The number of para-hydroxylation sites is 1. The van der Waals surface area contributed by atoms with Gasteiger partial charge in [0.05, 0.1) is 18.7 Å². The number of carbonyl (C=O) groups excluding carboxylic acids is 2. The van der Waals surface area contributed by atoms with Gasteiger partial charge in [-0.3, -0.25) is 23.3 Å². The van der Waals surface area contributed by atoms with Crippen LogP contribution in [0.15, 0.2) is 33.9 Å². The van der Waals surface area contributed by atoms with E-state index >= 15 is 0 Å². The molecular formula is C28H34N6O6. The molecule has 12 nitrogen and oxygen atoms in total. The van der Waals surface area contributed by atoms with Crippen molar-refractivity contribution in [3.05, 3.63) is 50.7 Å². The molecule has 3 heterocycles. The van der Waals surface area contributed by atoms with Crippen LogP contribution >= 0.6 is 0 Å². The average Bonchev–Trinajstić information content (AvgIpc) is 3.27. The summed E-state index contributed by atoms with van der Waals surface area (Å²) >= 11 is 0. The molecule has 1 aromatic carbocycles. The van der Waals surface area contributed by atoms with Gasteiger partial charge in [-0.1, -0.05) is 18.1 Å². The molecule has 0 aliphatic carbocycles. The number of aromatic hydroxyl groups is 1. The van der Waals surface area contributed by atoms with Crippen molar-refractivity contribution < 1.29 is 19.4 Å². The number of imidazole rings is 1. The number of Topliss-reactive ketones (excluding diaryl/α,β-unsaturated/α-hetero) is 1. The highest BCUT2D eigenvalue weighted by Gasteiger charge is 2.29. The van der Waals surface area contributed by atoms with E-state index in [9.17, 15) is 24.3 Å². The van der Waals surface area contributed by atoms with E-state index < -0.39 is 35.3 Å². The van der Waals surface area contributed by atoms with Crippen LogP contribution in [0.5, 0.6) is 5.75 Å². The first-order valence-corrected chi connectivity index (χ1v) is 13.1. The number of ketones is 1. The molecule has 1 fully saturated rings. The molecule has 4 rings (SSSR count). The number of hydrogen-bond donors (Lipinski definition) is 2. The van der Waals surface area contributed by atoms with Gasteiger partial charge in [0.15, 0.2) is 16.9 Å². The van der Waals surface area contributed by atoms with Crippen LogP contribution in [-0.2, 0) is 24.9 Å². The zero-order valence-electron chi connectivity index (χ0n) is 23.4. The van der Waals surface area contributed by atoms with Crippen LogP contribution in [0, 0.1) is 11.8 Å². The Labute approximate surface area is 231 Å². The molecule has 12 heteroatoms. The number of aryl methyl sites for hydroxylation is 1. The number of alkyl carbamates (subject to hydrolysis) is 1. The van der Waals surface area contributed by atoms with Gasteiger partial charge in [-0.25, -0.2) is 9.59 Å². The summed E-state index contributed by atoms with van der Waals surface area (Å²) in [5, 5.41) is 13.0. The van der Waals surface area contributed by atoms with Crippen LogP contribution in [0.1, 0.15) is 50.9 Å². The Morgan fingerprint density at radius 3 is 2.60 bits per heavy atom. The predicted molar refractivity (Wildman–Crippen MR) is 150 cm³/mol. The van der Waals surface area contributed by atoms with Crippen LogP contribution in [0.4, 0.5) is 10.7 Å². The number of ether oxygens (including phenoxy) is 1. The maximum absolute atomic E-state index is 13.7. The third-order valence-electron chi connectivity index (χ3n) is 6.56.